The van der Waals surface area contributed by atoms with E-state index in [1.165, 1.54) is 28.2 Å². The van der Waals surface area contributed by atoms with Crippen molar-refractivity contribution in [2.24, 2.45) is 5.92 Å². The lowest BCUT2D eigenvalue weighted by molar-refractivity contribution is 0.172. The molecule has 0 spiro atoms. The van der Waals surface area contributed by atoms with E-state index >= 15 is 0 Å². The highest BCUT2D eigenvalue weighted by Crippen LogP contribution is 2.33. The number of hydrogen-bond acceptors (Lipinski definition) is 5. The van der Waals surface area contributed by atoms with Crippen molar-refractivity contribution in [1.29, 1.82) is 0 Å². The van der Waals surface area contributed by atoms with Gasteiger partial charge in [0.25, 0.3) is 0 Å². The van der Waals surface area contributed by atoms with E-state index in [2.05, 4.69) is 57.8 Å². The highest BCUT2D eigenvalue weighted by molar-refractivity contribution is 7.99. The van der Waals surface area contributed by atoms with E-state index in [0.29, 0.717) is 10.9 Å². The number of halogens is 2. The molecule has 1 saturated heterocycles. The minimum absolute atomic E-state index is 0.536. The van der Waals surface area contributed by atoms with Crippen LogP contribution in [0.25, 0.3) is 16.9 Å². The number of nitrogens with zero attached hydrogens (tertiary/aromatic N) is 4. The Morgan fingerprint density at radius 2 is 1.80 bits per heavy atom. The van der Waals surface area contributed by atoms with Gasteiger partial charge in [0.1, 0.15) is 13.7 Å². The molecule has 0 amide bonds. The molecule has 1 atom stereocenters. The van der Waals surface area contributed by atoms with E-state index in [1.807, 2.05) is 55.0 Å². The number of anilines is 1. The van der Waals surface area contributed by atoms with Gasteiger partial charge in [-0.15, -0.1) is 0 Å². The normalized spacial score (nSPS) is 15.9. The van der Waals surface area contributed by atoms with E-state index in [1.54, 1.807) is 11.8 Å². The van der Waals surface area contributed by atoms with Gasteiger partial charge < -0.3 is 5.32 Å². The molecular weight excluding hydrogens is 556 g/mol. The Morgan fingerprint density at radius 3 is 2.65 bits per heavy atom. The molecule has 3 aromatic carbocycles. The lowest BCUT2D eigenvalue weighted by atomic mass is 9.97. The van der Waals surface area contributed by atoms with E-state index in [4.69, 9.17) is 28.2 Å². The first-order valence-corrected chi connectivity index (χ1v) is 15.2. The van der Waals surface area contributed by atoms with Gasteiger partial charge in [0.05, 0.1) is 5.69 Å². The molecule has 1 N–H and O–H groups in total. The van der Waals surface area contributed by atoms with Gasteiger partial charge in [0, 0.05) is 57.3 Å². The molecule has 9 heteroatoms. The molecule has 0 bridgehead atoms. The lowest BCUT2D eigenvalue weighted by Crippen LogP contribution is -2.37. The number of hydrogen-bond donors (Lipinski definition) is 1. The van der Waals surface area contributed by atoms with Crippen LogP contribution in [0.15, 0.2) is 94.9 Å². The molecular formula is C31H30BCl2N5S. The first-order valence-electron chi connectivity index (χ1n) is 13.6. The second-order valence-corrected chi connectivity index (χ2v) is 12.3. The summed E-state index contributed by atoms with van der Waals surface area (Å²) in [7, 11) is 2.04. The summed E-state index contributed by atoms with van der Waals surface area (Å²) in [5.41, 5.74) is 5.03. The summed E-state index contributed by atoms with van der Waals surface area (Å²) < 4.78 is 1.90. The second-order valence-electron chi connectivity index (χ2n) is 10.4. The topological polar surface area (TPSA) is 45.5 Å². The Morgan fingerprint density at radius 1 is 1.00 bits per heavy atom. The number of rotatable bonds is 8. The molecule has 3 heterocycles. The molecule has 1 unspecified atom stereocenters. The average Bonchev–Trinajstić information content (AvgIpc) is 3.35. The van der Waals surface area contributed by atoms with Crippen molar-refractivity contribution >= 4 is 59.7 Å². The third-order valence-corrected chi connectivity index (χ3v) is 9.09. The molecule has 6 rings (SSSR count). The average molecular weight is 586 g/mol. The standard InChI is InChI=1S/C31H30BCl2N5S/c32-26-18-36-39-30(16-28(37-31(26)39)25-8-2-3-9-27(25)34)35-17-21-6-5-15-38(19-21)20-22-7-1-4-10-29(22)40-24-13-11-23(33)12-14-24/h1-4,7-14,16,18,21,35H,5-6,15,17,19-20,32H2. The van der Waals surface area contributed by atoms with Gasteiger partial charge in [-0.05, 0) is 72.7 Å². The summed E-state index contributed by atoms with van der Waals surface area (Å²) in [6.45, 7) is 3.99. The lowest BCUT2D eigenvalue weighted by Gasteiger charge is -2.33. The fourth-order valence-electron chi connectivity index (χ4n) is 5.32. The maximum atomic E-state index is 6.52. The van der Waals surface area contributed by atoms with E-state index < -0.39 is 0 Å². The van der Waals surface area contributed by atoms with Crippen LogP contribution in [0.4, 0.5) is 5.82 Å². The molecule has 202 valence electrons. The van der Waals surface area contributed by atoms with Crippen LogP contribution in [0.1, 0.15) is 18.4 Å². The van der Waals surface area contributed by atoms with Gasteiger partial charge in [-0.1, -0.05) is 71.4 Å². The van der Waals surface area contributed by atoms with Crippen molar-refractivity contribution in [3.8, 4) is 11.3 Å². The molecule has 5 nitrogen and oxygen atoms in total. The van der Waals surface area contributed by atoms with E-state index in [9.17, 15) is 0 Å². The van der Waals surface area contributed by atoms with Crippen molar-refractivity contribution in [3.05, 3.63) is 101 Å². The van der Waals surface area contributed by atoms with Gasteiger partial charge in [-0.2, -0.15) is 9.61 Å². The molecule has 40 heavy (non-hydrogen) atoms. The summed E-state index contributed by atoms with van der Waals surface area (Å²) in [5, 5.41) is 9.77. The molecule has 0 radical (unpaired) electrons. The van der Waals surface area contributed by atoms with Crippen LogP contribution in [-0.4, -0.2) is 47.0 Å². The highest BCUT2D eigenvalue weighted by Gasteiger charge is 2.22. The van der Waals surface area contributed by atoms with Crippen LogP contribution < -0.4 is 10.8 Å². The van der Waals surface area contributed by atoms with Crippen molar-refractivity contribution < 1.29 is 0 Å². The number of benzene rings is 3. The Labute approximate surface area is 250 Å². The van der Waals surface area contributed by atoms with Gasteiger partial charge in [-0.25, -0.2) is 4.98 Å². The Kier molecular flexibility index (Phi) is 8.35. The van der Waals surface area contributed by atoms with Gasteiger partial charge in [-0.3, -0.25) is 4.90 Å². The molecule has 0 aliphatic carbocycles. The molecule has 1 fully saturated rings. The molecule has 0 saturated carbocycles. The summed E-state index contributed by atoms with van der Waals surface area (Å²) in [6.07, 6.45) is 4.26. The van der Waals surface area contributed by atoms with Gasteiger partial charge in [0.2, 0.25) is 0 Å². The minimum Gasteiger partial charge on any atom is -0.370 e. The van der Waals surface area contributed by atoms with Crippen LogP contribution in [0, 0.1) is 5.92 Å². The van der Waals surface area contributed by atoms with Crippen LogP contribution in [-0.2, 0) is 6.54 Å². The maximum absolute atomic E-state index is 6.52. The zero-order valence-corrected chi connectivity index (χ0v) is 24.7. The summed E-state index contributed by atoms with van der Waals surface area (Å²) in [5.74, 6) is 1.48. The number of likely N-dealkylation sites (tertiary alicyclic amines) is 1. The Bertz CT molecular complexity index is 1620. The summed E-state index contributed by atoms with van der Waals surface area (Å²) in [4.78, 5) is 9.97. The number of aromatic nitrogens is 3. The summed E-state index contributed by atoms with van der Waals surface area (Å²) in [6, 6.07) is 26.7. The van der Waals surface area contributed by atoms with Crippen molar-refractivity contribution in [2.75, 3.05) is 25.0 Å². The van der Waals surface area contributed by atoms with E-state index in [0.717, 1.165) is 59.4 Å². The zero-order chi connectivity index (χ0) is 27.5. The highest BCUT2D eigenvalue weighted by atomic mass is 35.5. The Balaban J connectivity index is 1.15. The third kappa shape index (κ3) is 6.18. The first kappa shape index (κ1) is 27.2. The van der Waals surface area contributed by atoms with Crippen LogP contribution >= 0.6 is 35.0 Å². The first-order chi connectivity index (χ1) is 19.5. The number of fused-ring (bicyclic) bond motifs is 1. The van der Waals surface area contributed by atoms with Crippen LogP contribution in [0.5, 0.6) is 0 Å². The largest absolute Gasteiger partial charge is 0.370 e. The summed E-state index contributed by atoms with van der Waals surface area (Å²) >= 11 is 14.4. The molecule has 5 aromatic rings. The van der Waals surface area contributed by atoms with Gasteiger partial charge in [0.15, 0.2) is 5.65 Å². The Hall–Kier alpha value is -2.97. The minimum atomic E-state index is 0.536. The number of piperidine rings is 1. The monoisotopic (exact) mass is 585 g/mol. The van der Waals surface area contributed by atoms with Gasteiger partial charge >= 0.3 is 0 Å². The SMILES string of the molecule is Bc1cnn2c(NCC3CCCN(Cc4ccccc4Sc4ccc(Cl)cc4)C3)cc(-c3ccccc3Cl)nc12. The predicted octanol–water partition coefficient (Wildman–Crippen LogP) is 6.44. The van der Waals surface area contributed by atoms with Crippen molar-refractivity contribution in [1.82, 2.24) is 19.5 Å². The van der Waals surface area contributed by atoms with Crippen LogP contribution in [0.2, 0.25) is 10.0 Å². The fraction of sp³-hybridized carbons (Fsp3) is 0.226. The smallest absolute Gasteiger partial charge is 0.151 e. The zero-order valence-electron chi connectivity index (χ0n) is 22.4. The third-order valence-electron chi connectivity index (χ3n) is 7.38. The molecule has 2 aromatic heterocycles. The van der Waals surface area contributed by atoms with E-state index in [-0.39, 0.29) is 0 Å². The molecule has 1 aliphatic rings. The van der Waals surface area contributed by atoms with Crippen LogP contribution in [0.3, 0.4) is 0 Å². The molecule has 1 aliphatic heterocycles. The fourth-order valence-corrected chi connectivity index (χ4v) is 6.62. The van der Waals surface area contributed by atoms with Crippen molar-refractivity contribution in [3.63, 3.8) is 0 Å². The maximum Gasteiger partial charge on any atom is 0.151 e. The van der Waals surface area contributed by atoms with Crippen molar-refractivity contribution in [2.45, 2.75) is 29.2 Å². The predicted molar refractivity (Wildman–Crippen MR) is 170 cm³/mol. The quantitative estimate of drug-likeness (QED) is 0.212. The second kappa shape index (κ2) is 12.3. The number of nitrogens with one attached hydrogen (secondary N) is 1.